The minimum Gasteiger partial charge on any atom is -0.497 e. The Labute approximate surface area is 186 Å². The third kappa shape index (κ3) is 6.26. The van der Waals surface area contributed by atoms with Crippen LogP contribution in [-0.2, 0) is 9.59 Å². The molecule has 0 aliphatic carbocycles. The van der Waals surface area contributed by atoms with Gasteiger partial charge in [-0.05, 0) is 60.2 Å². The Bertz CT molecular complexity index is 1050. The molecule has 0 saturated heterocycles. The molecule has 0 unspecified atom stereocenters. The van der Waals surface area contributed by atoms with Gasteiger partial charge in [-0.1, -0.05) is 12.1 Å². The second-order valence-corrected chi connectivity index (χ2v) is 7.73. The Morgan fingerprint density at radius 3 is 2.13 bits per heavy atom. The number of rotatable bonds is 8. The standard InChI is InChI=1S/C24H24N2O4S/c1-16(27)25-18-6-11-21(12-7-18)31-15-24(28)26-19-8-13-23(30-3)22(14-19)17-4-9-20(29-2)10-5-17/h4-14H,15H2,1-3H3,(H,25,27)(H,26,28). The second-order valence-electron chi connectivity index (χ2n) is 6.69. The van der Waals surface area contributed by atoms with Crippen LogP contribution in [0.3, 0.4) is 0 Å². The lowest BCUT2D eigenvalue weighted by molar-refractivity contribution is -0.114. The van der Waals surface area contributed by atoms with Crippen molar-refractivity contribution in [1.82, 2.24) is 0 Å². The van der Waals surface area contributed by atoms with Gasteiger partial charge in [-0.15, -0.1) is 11.8 Å². The molecule has 2 amide bonds. The van der Waals surface area contributed by atoms with E-state index in [1.54, 1.807) is 14.2 Å². The van der Waals surface area contributed by atoms with Crippen LogP contribution in [0.2, 0.25) is 0 Å². The summed E-state index contributed by atoms with van der Waals surface area (Å²) in [4.78, 5) is 24.5. The third-order valence-corrected chi connectivity index (χ3v) is 5.44. The first-order chi connectivity index (χ1) is 15.0. The second kappa shape index (κ2) is 10.5. The van der Waals surface area contributed by atoms with Gasteiger partial charge in [0.25, 0.3) is 0 Å². The topological polar surface area (TPSA) is 76.7 Å². The number of nitrogens with one attached hydrogen (secondary N) is 2. The number of carbonyl (C=O) groups is 2. The molecule has 3 aromatic rings. The molecule has 3 aromatic carbocycles. The lowest BCUT2D eigenvalue weighted by Crippen LogP contribution is -2.14. The van der Waals surface area contributed by atoms with Crippen LogP contribution in [0.5, 0.6) is 11.5 Å². The molecule has 160 valence electrons. The van der Waals surface area contributed by atoms with Crippen LogP contribution in [0.15, 0.2) is 71.6 Å². The number of thioether (sulfide) groups is 1. The Balaban J connectivity index is 1.64. The number of carbonyl (C=O) groups excluding carboxylic acids is 2. The van der Waals surface area contributed by atoms with E-state index < -0.39 is 0 Å². The third-order valence-electron chi connectivity index (χ3n) is 4.43. The summed E-state index contributed by atoms with van der Waals surface area (Å²) in [6.07, 6.45) is 0. The highest BCUT2D eigenvalue weighted by atomic mass is 32.2. The molecule has 0 saturated carbocycles. The smallest absolute Gasteiger partial charge is 0.234 e. The number of benzene rings is 3. The van der Waals surface area contributed by atoms with Gasteiger partial charge in [0.2, 0.25) is 11.8 Å². The molecule has 0 aliphatic heterocycles. The van der Waals surface area contributed by atoms with E-state index in [2.05, 4.69) is 10.6 Å². The van der Waals surface area contributed by atoms with Crippen molar-refractivity contribution in [1.29, 1.82) is 0 Å². The molecule has 0 aliphatic rings. The monoisotopic (exact) mass is 436 g/mol. The average molecular weight is 437 g/mol. The molecule has 2 N–H and O–H groups in total. The van der Waals surface area contributed by atoms with Crippen LogP contribution in [-0.4, -0.2) is 31.8 Å². The Morgan fingerprint density at radius 1 is 0.839 bits per heavy atom. The number of amides is 2. The molecule has 0 aromatic heterocycles. The molecule has 0 spiro atoms. The van der Waals surface area contributed by atoms with Crippen molar-refractivity contribution >= 4 is 35.0 Å². The van der Waals surface area contributed by atoms with Crippen LogP contribution in [0, 0.1) is 0 Å². The van der Waals surface area contributed by atoms with E-state index in [1.165, 1.54) is 18.7 Å². The average Bonchev–Trinajstić information content (AvgIpc) is 2.78. The highest BCUT2D eigenvalue weighted by molar-refractivity contribution is 8.00. The van der Waals surface area contributed by atoms with E-state index in [0.29, 0.717) is 5.69 Å². The Hall–Kier alpha value is -3.45. The predicted molar refractivity (Wildman–Crippen MR) is 125 cm³/mol. The van der Waals surface area contributed by atoms with Crippen LogP contribution in [0.4, 0.5) is 11.4 Å². The van der Waals surface area contributed by atoms with Gasteiger partial charge in [0.1, 0.15) is 11.5 Å². The molecule has 0 heterocycles. The fourth-order valence-electron chi connectivity index (χ4n) is 2.97. The van der Waals surface area contributed by atoms with Gasteiger partial charge in [-0.3, -0.25) is 9.59 Å². The van der Waals surface area contributed by atoms with Gasteiger partial charge in [0.05, 0.1) is 20.0 Å². The highest BCUT2D eigenvalue weighted by Crippen LogP contribution is 2.33. The van der Waals surface area contributed by atoms with Crippen molar-refractivity contribution in [3.63, 3.8) is 0 Å². The molecule has 3 rings (SSSR count). The summed E-state index contributed by atoms with van der Waals surface area (Å²) in [7, 11) is 3.25. The molecule has 31 heavy (non-hydrogen) atoms. The summed E-state index contributed by atoms with van der Waals surface area (Å²) in [5, 5.41) is 5.66. The summed E-state index contributed by atoms with van der Waals surface area (Å²) in [5.41, 5.74) is 3.26. The Kier molecular flexibility index (Phi) is 7.56. The largest absolute Gasteiger partial charge is 0.497 e. The zero-order valence-corrected chi connectivity index (χ0v) is 18.4. The van der Waals surface area contributed by atoms with Crippen molar-refractivity contribution in [3.8, 4) is 22.6 Å². The van der Waals surface area contributed by atoms with E-state index in [4.69, 9.17) is 9.47 Å². The maximum Gasteiger partial charge on any atom is 0.234 e. The van der Waals surface area contributed by atoms with Gasteiger partial charge in [0.15, 0.2) is 0 Å². The lowest BCUT2D eigenvalue weighted by atomic mass is 10.0. The fraction of sp³-hybridized carbons (Fsp3) is 0.167. The summed E-state index contributed by atoms with van der Waals surface area (Å²) >= 11 is 1.42. The summed E-state index contributed by atoms with van der Waals surface area (Å²) in [6, 6.07) is 20.6. The normalized spacial score (nSPS) is 10.3. The zero-order chi connectivity index (χ0) is 22.2. The number of anilines is 2. The van der Waals surface area contributed by atoms with Crippen molar-refractivity contribution in [2.45, 2.75) is 11.8 Å². The minimum absolute atomic E-state index is 0.109. The van der Waals surface area contributed by atoms with Crippen LogP contribution >= 0.6 is 11.8 Å². The van der Waals surface area contributed by atoms with E-state index in [0.717, 1.165) is 33.2 Å². The molecule has 0 bridgehead atoms. The van der Waals surface area contributed by atoms with E-state index in [1.807, 2.05) is 66.7 Å². The van der Waals surface area contributed by atoms with Crippen molar-refractivity contribution < 1.29 is 19.1 Å². The van der Waals surface area contributed by atoms with Crippen molar-refractivity contribution in [3.05, 3.63) is 66.7 Å². The summed E-state index contributed by atoms with van der Waals surface area (Å²) in [5.74, 6) is 1.53. The first-order valence-corrected chi connectivity index (χ1v) is 10.6. The first kappa shape index (κ1) is 22.2. The minimum atomic E-state index is -0.117. The van der Waals surface area contributed by atoms with E-state index in [-0.39, 0.29) is 17.6 Å². The molecule has 0 fully saturated rings. The van der Waals surface area contributed by atoms with Crippen LogP contribution < -0.4 is 20.1 Å². The molecule has 6 nitrogen and oxygen atoms in total. The fourth-order valence-corrected chi connectivity index (χ4v) is 3.66. The van der Waals surface area contributed by atoms with Gasteiger partial charge < -0.3 is 20.1 Å². The van der Waals surface area contributed by atoms with Crippen molar-refractivity contribution in [2.75, 3.05) is 30.6 Å². The lowest BCUT2D eigenvalue weighted by Gasteiger charge is -2.12. The zero-order valence-electron chi connectivity index (χ0n) is 17.6. The number of hydrogen-bond donors (Lipinski definition) is 2. The Morgan fingerprint density at radius 2 is 1.52 bits per heavy atom. The number of hydrogen-bond acceptors (Lipinski definition) is 5. The van der Waals surface area contributed by atoms with E-state index >= 15 is 0 Å². The summed E-state index contributed by atoms with van der Waals surface area (Å²) in [6.45, 7) is 1.46. The number of methoxy groups -OCH3 is 2. The first-order valence-electron chi connectivity index (χ1n) is 9.61. The molecule has 7 heteroatoms. The maximum atomic E-state index is 12.4. The van der Waals surface area contributed by atoms with Crippen molar-refractivity contribution in [2.24, 2.45) is 0 Å². The van der Waals surface area contributed by atoms with Gasteiger partial charge in [-0.2, -0.15) is 0 Å². The van der Waals surface area contributed by atoms with Gasteiger partial charge >= 0.3 is 0 Å². The van der Waals surface area contributed by atoms with Gasteiger partial charge in [0, 0.05) is 28.8 Å². The number of ether oxygens (including phenoxy) is 2. The molecule has 0 radical (unpaired) electrons. The molecule has 0 atom stereocenters. The maximum absolute atomic E-state index is 12.4. The molecular weight excluding hydrogens is 412 g/mol. The van der Waals surface area contributed by atoms with E-state index in [9.17, 15) is 9.59 Å². The molecular formula is C24H24N2O4S. The SMILES string of the molecule is COc1ccc(-c2cc(NC(=O)CSc3ccc(NC(C)=O)cc3)ccc2OC)cc1. The van der Waals surface area contributed by atoms with Gasteiger partial charge in [-0.25, -0.2) is 0 Å². The summed E-state index contributed by atoms with van der Waals surface area (Å²) < 4.78 is 10.7. The van der Waals surface area contributed by atoms with Crippen LogP contribution in [0.25, 0.3) is 11.1 Å². The van der Waals surface area contributed by atoms with Crippen LogP contribution in [0.1, 0.15) is 6.92 Å². The highest BCUT2D eigenvalue weighted by Gasteiger charge is 2.10. The predicted octanol–water partition coefficient (Wildman–Crippen LogP) is 5.06. The quantitative estimate of drug-likeness (QED) is 0.483.